The Morgan fingerprint density at radius 3 is 1.48 bits per heavy atom. The minimum atomic E-state index is -0.973. The van der Waals surface area contributed by atoms with Gasteiger partial charge in [-0.25, -0.2) is 4.79 Å². The number of alkyl carbamates (subject to hydrolysis) is 1. The van der Waals surface area contributed by atoms with Crippen molar-refractivity contribution < 1.29 is 105 Å². The van der Waals surface area contributed by atoms with E-state index in [4.69, 9.17) is 61.6 Å². The molecule has 4 atom stereocenters. The summed E-state index contributed by atoms with van der Waals surface area (Å²) in [5.74, 6) is 4.31. The van der Waals surface area contributed by atoms with E-state index in [0.717, 1.165) is 16.0 Å². The summed E-state index contributed by atoms with van der Waals surface area (Å²) < 4.78 is 73.8. The summed E-state index contributed by atoms with van der Waals surface area (Å²) in [4.78, 5) is 129. The average Bonchev–Trinajstić information content (AvgIpc) is 1.67. The molecule has 4 aromatic rings. The van der Waals surface area contributed by atoms with Crippen LogP contribution in [-0.2, 0) is 91.2 Å². The molecule has 9 rings (SSSR count). The molecule has 0 aliphatic carbocycles. The zero-order valence-corrected chi connectivity index (χ0v) is 64.8. The predicted molar refractivity (Wildman–Crippen MR) is 413 cm³/mol. The number of carbonyl (C=O) groups is 9. The minimum Gasteiger partial charge on any atom is -0.493 e. The van der Waals surface area contributed by atoms with Crippen molar-refractivity contribution in [1.82, 2.24) is 36.0 Å². The smallest absolute Gasteiger partial charge is 0.408 e. The Labute approximate surface area is 656 Å². The molecule has 606 valence electrons. The average molecular weight is 1570 g/mol. The molecule has 0 unspecified atom stereocenters. The molecule has 9 amide bonds. The summed E-state index contributed by atoms with van der Waals surface area (Å²) in [6, 6.07) is 16.6. The van der Waals surface area contributed by atoms with Gasteiger partial charge < -0.3 is 98.0 Å². The predicted octanol–water partition coefficient (Wildman–Crippen LogP) is 6.35. The molecule has 0 saturated heterocycles. The van der Waals surface area contributed by atoms with E-state index in [1.54, 1.807) is 84.6 Å². The highest BCUT2D eigenvalue weighted by molar-refractivity contribution is 6.13. The number of imide groups is 1. The lowest BCUT2D eigenvalue weighted by molar-refractivity contribution is -0.137. The molecule has 32 heteroatoms. The third kappa shape index (κ3) is 27.2. The summed E-state index contributed by atoms with van der Waals surface area (Å²) in [5, 5.41) is 13.5. The van der Waals surface area contributed by atoms with Crippen LogP contribution >= 0.6 is 0 Å². The fourth-order valence-corrected chi connectivity index (χ4v) is 12.0. The molecule has 0 saturated carbocycles. The quantitative estimate of drug-likeness (QED) is 0.0183. The number of carbonyl (C=O) groups excluding carboxylic acids is 9. The number of hydrogen-bond donors (Lipinski definition) is 5. The molecule has 5 heterocycles. The lowest BCUT2D eigenvalue weighted by atomic mass is 10.0. The molecule has 32 nitrogen and oxygen atoms in total. The normalized spacial score (nSPS) is 15.7. The van der Waals surface area contributed by atoms with Gasteiger partial charge >= 0.3 is 6.09 Å². The zero-order chi connectivity index (χ0) is 80.4. The first-order valence-electron chi connectivity index (χ1n) is 37.5. The van der Waals surface area contributed by atoms with Crippen molar-refractivity contribution in [3.05, 3.63) is 136 Å². The van der Waals surface area contributed by atoms with Gasteiger partial charge in [0, 0.05) is 86.3 Å². The third-order valence-electron chi connectivity index (χ3n) is 17.9. The molecule has 0 fully saturated rings. The largest absolute Gasteiger partial charge is 0.493 e. The summed E-state index contributed by atoms with van der Waals surface area (Å²) in [5.41, 5.74) is 6.85. The SMILES string of the molecule is COc1cc2c(cc1OCc1cc(C#CCNC(=O)OCc3ccc(NC(=O)[C@H](C)NC(=O)[C@@H](NC(=O)CCOCCOCCOCCOCCOCCOCCOCCOCCNC(=O)CCN4C(=O)C=CC4=O)C(C)C)cc3)cc(COc3cc4c(cc3OC)C(=O)N3C=C(C)C[C@H]3C=N4)c1)N=C[C@@H]1CC(C)=CN1C2=O. The van der Waals surface area contributed by atoms with Crippen LogP contribution in [-0.4, -0.2) is 244 Å². The maximum Gasteiger partial charge on any atom is 0.408 e. The van der Waals surface area contributed by atoms with Crippen LogP contribution in [0.4, 0.5) is 21.9 Å². The Kier molecular flexibility index (Phi) is 34.3. The molecule has 4 aromatic carbocycles. The first-order valence-corrected chi connectivity index (χ1v) is 37.5. The van der Waals surface area contributed by atoms with Gasteiger partial charge in [0.1, 0.15) is 31.9 Å². The van der Waals surface area contributed by atoms with Crippen LogP contribution in [0.2, 0.25) is 0 Å². The van der Waals surface area contributed by atoms with E-state index >= 15 is 0 Å². The van der Waals surface area contributed by atoms with Crippen LogP contribution in [0.25, 0.3) is 0 Å². The summed E-state index contributed by atoms with van der Waals surface area (Å²) in [6.07, 6.45) is 10.3. The monoisotopic (exact) mass is 1560 g/mol. The summed E-state index contributed by atoms with van der Waals surface area (Å²) in [6.45, 7) is 14.8. The number of hydrogen-bond acceptors (Lipinski definition) is 24. The number of fused-ring (bicyclic) bond motifs is 4. The number of rotatable bonds is 47. The second kappa shape index (κ2) is 45.0. The topological polar surface area (TPSA) is 368 Å². The lowest BCUT2D eigenvalue weighted by Crippen LogP contribution is -2.53. The second-order valence-electron chi connectivity index (χ2n) is 27.0. The molecule has 0 aromatic heterocycles. The van der Waals surface area contributed by atoms with Crippen molar-refractivity contribution in [2.45, 2.75) is 104 Å². The van der Waals surface area contributed by atoms with E-state index in [1.807, 2.05) is 44.4 Å². The molecule has 0 spiro atoms. The number of anilines is 1. The van der Waals surface area contributed by atoms with Crippen LogP contribution in [0.5, 0.6) is 23.0 Å². The van der Waals surface area contributed by atoms with Gasteiger partial charge in [0.15, 0.2) is 23.0 Å². The highest BCUT2D eigenvalue weighted by atomic mass is 16.6. The van der Waals surface area contributed by atoms with Gasteiger partial charge in [-0.05, 0) is 98.7 Å². The number of ether oxygens (including phenoxy) is 13. The van der Waals surface area contributed by atoms with Gasteiger partial charge in [-0.15, -0.1) is 0 Å². The van der Waals surface area contributed by atoms with Gasteiger partial charge in [-0.3, -0.25) is 53.2 Å². The maximum atomic E-state index is 13.7. The molecule has 5 aliphatic rings. The van der Waals surface area contributed by atoms with Crippen LogP contribution in [0.1, 0.15) is 103 Å². The van der Waals surface area contributed by atoms with Crippen molar-refractivity contribution in [2.24, 2.45) is 15.9 Å². The first-order chi connectivity index (χ1) is 54.7. The van der Waals surface area contributed by atoms with Crippen molar-refractivity contribution in [2.75, 3.05) is 145 Å². The van der Waals surface area contributed by atoms with E-state index in [2.05, 4.69) is 48.4 Å². The van der Waals surface area contributed by atoms with Crippen molar-refractivity contribution >= 4 is 82.8 Å². The van der Waals surface area contributed by atoms with Crippen LogP contribution < -0.4 is 45.5 Å². The van der Waals surface area contributed by atoms with Gasteiger partial charge in [-0.1, -0.05) is 49.0 Å². The Morgan fingerprint density at radius 2 is 1.00 bits per heavy atom. The van der Waals surface area contributed by atoms with Crippen molar-refractivity contribution in [1.29, 1.82) is 0 Å². The highest BCUT2D eigenvalue weighted by Gasteiger charge is 2.35. The molecule has 0 radical (unpaired) electrons. The molecule has 0 bridgehead atoms. The number of amides is 9. The van der Waals surface area contributed by atoms with E-state index in [0.29, 0.717) is 179 Å². The van der Waals surface area contributed by atoms with Crippen molar-refractivity contribution in [3.63, 3.8) is 0 Å². The minimum absolute atomic E-state index is 0.00404. The zero-order valence-electron chi connectivity index (χ0n) is 64.8. The molecule has 5 aliphatic heterocycles. The number of nitrogens with zero attached hydrogens (tertiary/aromatic N) is 5. The number of nitrogens with one attached hydrogen (secondary N) is 5. The number of methoxy groups -OCH3 is 2. The standard InChI is InChI=1S/C81H100N10O22/c1-53(2)76(88-73(93)17-21-103-23-25-105-27-29-107-31-33-109-35-36-110-34-32-108-30-28-106-26-24-104-22-19-82-72(92)16-20-89-74(94)14-15-75(89)95)78(97)86-56(5)77(96)87-61-12-10-57(11-13-61)50-113-81(100)83-18-8-9-58-39-59(51-111-70-44-66-64(42-68(70)101-6)79(98)90-48-54(3)37-62(90)46-84-66)41-60(40-58)52-112-71-45-67-65(43-69(71)102-7)80(99)91-49-55(4)38-63(91)47-85-67/h10-15,39-49,53,56,62-63,76H,16-38,50-52H2,1-7H3,(H,82,92)(H,83,100)(H,86,97)(H,87,96)(H,88,93)/t56-,62-,63-,76-/m0/s1. The van der Waals surface area contributed by atoms with Gasteiger partial charge in [0.05, 0.1) is 161 Å². The van der Waals surface area contributed by atoms with Gasteiger partial charge in [0.2, 0.25) is 23.6 Å². The van der Waals surface area contributed by atoms with Crippen molar-refractivity contribution in [3.8, 4) is 34.8 Å². The van der Waals surface area contributed by atoms with Gasteiger partial charge in [0.25, 0.3) is 23.6 Å². The molecule has 113 heavy (non-hydrogen) atoms. The fraction of sp³-hybridized carbons (Fsp3) is 0.469. The lowest BCUT2D eigenvalue weighted by Gasteiger charge is -2.24. The highest BCUT2D eigenvalue weighted by Crippen LogP contribution is 2.41. The second-order valence-corrected chi connectivity index (χ2v) is 27.0. The fourth-order valence-electron chi connectivity index (χ4n) is 12.0. The first kappa shape index (κ1) is 86.1. The molecular weight excluding hydrogens is 1460 g/mol. The van der Waals surface area contributed by atoms with E-state index in [1.165, 1.54) is 33.3 Å². The Bertz CT molecular complexity index is 4050. The maximum absolute atomic E-state index is 13.7. The van der Waals surface area contributed by atoms with Crippen LogP contribution in [0, 0.1) is 17.8 Å². The van der Waals surface area contributed by atoms with Crippen LogP contribution in [0.3, 0.4) is 0 Å². The third-order valence-corrected chi connectivity index (χ3v) is 17.9. The van der Waals surface area contributed by atoms with E-state index in [-0.39, 0.29) is 101 Å². The van der Waals surface area contributed by atoms with Crippen LogP contribution in [0.15, 0.2) is 112 Å². The summed E-state index contributed by atoms with van der Waals surface area (Å²) >= 11 is 0. The van der Waals surface area contributed by atoms with E-state index in [9.17, 15) is 43.2 Å². The molecule has 5 N–H and O–H groups in total. The Morgan fingerprint density at radius 1 is 0.522 bits per heavy atom. The Hall–Kier alpha value is -10.9. The number of benzene rings is 4. The number of aliphatic imine (C=N–C) groups is 2. The van der Waals surface area contributed by atoms with Gasteiger partial charge in [-0.2, -0.15) is 0 Å². The molecular formula is C81H100N10O22. The summed E-state index contributed by atoms with van der Waals surface area (Å²) in [7, 11) is 3.00. The Balaban J connectivity index is 0.612. The van der Waals surface area contributed by atoms with E-state index < -0.39 is 47.7 Å².